The summed E-state index contributed by atoms with van der Waals surface area (Å²) >= 11 is 5.74. The number of hydrogen-bond donors (Lipinski definition) is 0. The zero-order chi connectivity index (χ0) is 14.4. The van der Waals surface area contributed by atoms with E-state index < -0.39 is 5.97 Å². The maximum Gasteiger partial charge on any atom is 0.306 e. The number of carbonyl (C=O) groups excluding carboxylic acids is 2. The second-order valence-electron chi connectivity index (χ2n) is 4.17. The van der Waals surface area contributed by atoms with Crippen molar-refractivity contribution in [3.05, 3.63) is 59.0 Å². The third-order valence-corrected chi connectivity index (χ3v) is 2.93. The van der Waals surface area contributed by atoms with Crippen molar-refractivity contribution in [1.29, 1.82) is 0 Å². The molecule has 5 heteroatoms. The van der Waals surface area contributed by atoms with Gasteiger partial charge < -0.3 is 9.15 Å². The minimum absolute atomic E-state index is 0.0438. The highest BCUT2D eigenvalue weighted by Crippen LogP contribution is 2.12. The lowest BCUT2D eigenvalue weighted by atomic mass is 10.1. The van der Waals surface area contributed by atoms with Crippen molar-refractivity contribution in [3.63, 3.8) is 0 Å². The molecule has 104 valence electrons. The summed E-state index contributed by atoms with van der Waals surface area (Å²) in [6, 6.07) is 9.99. The van der Waals surface area contributed by atoms with Crippen LogP contribution in [0.2, 0.25) is 5.02 Å². The van der Waals surface area contributed by atoms with Gasteiger partial charge in [-0.3, -0.25) is 9.59 Å². The van der Waals surface area contributed by atoms with Crippen LogP contribution in [0.15, 0.2) is 47.1 Å². The lowest BCUT2D eigenvalue weighted by molar-refractivity contribution is -0.145. The fourth-order valence-electron chi connectivity index (χ4n) is 1.61. The van der Waals surface area contributed by atoms with E-state index in [-0.39, 0.29) is 25.2 Å². The summed E-state index contributed by atoms with van der Waals surface area (Å²) in [6.07, 6.45) is 1.66. The van der Waals surface area contributed by atoms with E-state index in [4.69, 9.17) is 20.8 Å². The van der Waals surface area contributed by atoms with E-state index in [0.29, 0.717) is 16.3 Å². The van der Waals surface area contributed by atoms with Crippen LogP contribution in [0.1, 0.15) is 29.0 Å². The highest BCUT2D eigenvalue weighted by Gasteiger charge is 2.10. The quantitative estimate of drug-likeness (QED) is 0.602. The molecule has 0 fully saturated rings. The molecule has 2 rings (SSSR count). The van der Waals surface area contributed by atoms with Crippen molar-refractivity contribution in [3.8, 4) is 0 Å². The Hall–Kier alpha value is -2.07. The number of hydrogen-bond acceptors (Lipinski definition) is 4. The van der Waals surface area contributed by atoms with Crippen LogP contribution in [-0.2, 0) is 16.1 Å². The van der Waals surface area contributed by atoms with Crippen molar-refractivity contribution >= 4 is 23.4 Å². The maximum atomic E-state index is 11.8. The van der Waals surface area contributed by atoms with E-state index in [9.17, 15) is 9.59 Å². The van der Waals surface area contributed by atoms with E-state index in [2.05, 4.69) is 0 Å². The van der Waals surface area contributed by atoms with Gasteiger partial charge in [0, 0.05) is 17.0 Å². The van der Waals surface area contributed by atoms with Crippen LogP contribution < -0.4 is 0 Å². The summed E-state index contributed by atoms with van der Waals surface area (Å²) in [5.41, 5.74) is 0.535. The van der Waals surface area contributed by atoms with Gasteiger partial charge in [0.1, 0.15) is 12.4 Å². The van der Waals surface area contributed by atoms with Crippen molar-refractivity contribution in [1.82, 2.24) is 0 Å². The van der Waals surface area contributed by atoms with Crippen molar-refractivity contribution < 1.29 is 18.7 Å². The number of Topliss-reactive ketones (excluding diaryl/α,β-unsaturated/α-hetero) is 1. The molecule has 0 bridgehead atoms. The molecule has 0 saturated carbocycles. The van der Waals surface area contributed by atoms with E-state index in [1.54, 1.807) is 36.4 Å². The van der Waals surface area contributed by atoms with Gasteiger partial charge in [-0.05, 0) is 36.4 Å². The molecular formula is C15H13ClO4. The predicted octanol–water partition coefficient (Wildman–Crippen LogP) is 3.64. The third kappa shape index (κ3) is 4.24. The molecule has 0 aliphatic carbocycles. The van der Waals surface area contributed by atoms with Gasteiger partial charge in [0.05, 0.1) is 12.7 Å². The molecule has 0 spiro atoms. The van der Waals surface area contributed by atoms with Gasteiger partial charge in [0.15, 0.2) is 5.78 Å². The van der Waals surface area contributed by atoms with Crippen molar-refractivity contribution in [2.75, 3.05) is 0 Å². The monoisotopic (exact) mass is 292 g/mol. The lowest BCUT2D eigenvalue weighted by Gasteiger charge is -2.03. The van der Waals surface area contributed by atoms with Gasteiger partial charge in [-0.1, -0.05) is 11.6 Å². The van der Waals surface area contributed by atoms with Gasteiger partial charge >= 0.3 is 5.97 Å². The van der Waals surface area contributed by atoms with Crippen LogP contribution in [-0.4, -0.2) is 11.8 Å². The number of carbonyl (C=O) groups is 2. The maximum absolute atomic E-state index is 11.8. The standard InChI is InChI=1S/C15H13ClO4/c16-12-5-3-11(4-6-12)14(17)7-8-15(18)20-10-13-2-1-9-19-13/h1-6,9H,7-8,10H2. The average molecular weight is 293 g/mol. The molecule has 1 heterocycles. The molecule has 1 aromatic carbocycles. The minimum atomic E-state index is -0.427. The Labute approximate surface area is 121 Å². The first kappa shape index (κ1) is 14.3. The highest BCUT2D eigenvalue weighted by molar-refractivity contribution is 6.30. The fourth-order valence-corrected chi connectivity index (χ4v) is 1.74. The van der Waals surface area contributed by atoms with Crippen molar-refractivity contribution in [2.24, 2.45) is 0 Å². The van der Waals surface area contributed by atoms with Gasteiger partial charge in [-0.2, -0.15) is 0 Å². The molecule has 0 saturated heterocycles. The van der Waals surface area contributed by atoms with Crippen LogP contribution in [0, 0.1) is 0 Å². The summed E-state index contributed by atoms with van der Waals surface area (Å²) in [6.45, 7) is 0.0843. The van der Waals surface area contributed by atoms with Crippen LogP contribution in [0.4, 0.5) is 0 Å². The van der Waals surface area contributed by atoms with Crippen LogP contribution in [0.5, 0.6) is 0 Å². The molecule has 0 N–H and O–H groups in total. The second kappa shape index (κ2) is 6.91. The van der Waals surface area contributed by atoms with Crippen LogP contribution in [0.3, 0.4) is 0 Å². The van der Waals surface area contributed by atoms with Gasteiger partial charge in [0.25, 0.3) is 0 Å². The highest BCUT2D eigenvalue weighted by atomic mass is 35.5. The summed E-state index contributed by atoms with van der Waals surface area (Å²) in [7, 11) is 0. The molecule has 0 unspecified atom stereocenters. The number of ketones is 1. The molecule has 0 amide bonds. The molecule has 2 aromatic rings. The first-order chi connectivity index (χ1) is 9.65. The minimum Gasteiger partial charge on any atom is -0.466 e. The Morgan fingerprint density at radius 1 is 1.10 bits per heavy atom. The van der Waals surface area contributed by atoms with Crippen LogP contribution in [0.25, 0.3) is 0 Å². The molecule has 0 radical (unpaired) electrons. The summed E-state index contributed by atoms with van der Waals surface area (Å²) < 4.78 is 10.0. The number of ether oxygens (including phenoxy) is 1. The number of halogens is 1. The zero-order valence-electron chi connectivity index (χ0n) is 10.7. The Balaban J connectivity index is 1.75. The first-order valence-corrected chi connectivity index (χ1v) is 6.50. The zero-order valence-corrected chi connectivity index (χ0v) is 11.4. The summed E-state index contributed by atoms with van der Waals surface area (Å²) in [5.74, 6) is 0.0303. The van der Waals surface area contributed by atoms with Crippen LogP contribution >= 0.6 is 11.6 Å². The normalized spacial score (nSPS) is 10.2. The summed E-state index contributed by atoms with van der Waals surface area (Å²) in [4.78, 5) is 23.3. The molecular weight excluding hydrogens is 280 g/mol. The van der Waals surface area contributed by atoms with E-state index >= 15 is 0 Å². The largest absolute Gasteiger partial charge is 0.466 e. The Kier molecular flexibility index (Phi) is 4.96. The third-order valence-electron chi connectivity index (χ3n) is 2.68. The molecule has 20 heavy (non-hydrogen) atoms. The molecule has 0 aliphatic rings. The second-order valence-corrected chi connectivity index (χ2v) is 4.61. The topological polar surface area (TPSA) is 56.5 Å². The first-order valence-electron chi connectivity index (χ1n) is 6.12. The average Bonchev–Trinajstić information content (AvgIpc) is 2.96. The fraction of sp³-hybridized carbons (Fsp3) is 0.200. The number of furan rings is 1. The van der Waals surface area contributed by atoms with E-state index in [1.165, 1.54) is 6.26 Å². The number of rotatable bonds is 6. The molecule has 4 nitrogen and oxygen atoms in total. The summed E-state index contributed by atoms with van der Waals surface area (Å²) in [5, 5.41) is 0.569. The lowest BCUT2D eigenvalue weighted by Crippen LogP contribution is -2.08. The smallest absolute Gasteiger partial charge is 0.306 e. The van der Waals surface area contributed by atoms with Gasteiger partial charge in [-0.15, -0.1) is 0 Å². The molecule has 0 atom stereocenters. The molecule has 1 aromatic heterocycles. The Morgan fingerprint density at radius 2 is 1.85 bits per heavy atom. The van der Waals surface area contributed by atoms with Gasteiger partial charge in [0.2, 0.25) is 0 Å². The molecule has 0 aliphatic heterocycles. The van der Waals surface area contributed by atoms with Crippen molar-refractivity contribution in [2.45, 2.75) is 19.4 Å². The SMILES string of the molecule is O=C(CCC(=O)c1ccc(Cl)cc1)OCc1ccco1. The predicted molar refractivity (Wildman–Crippen MR) is 73.5 cm³/mol. The van der Waals surface area contributed by atoms with Gasteiger partial charge in [-0.25, -0.2) is 0 Å². The Morgan fingerprint density at radius 3 is 2.50 bits per heavy atom. The number of esters is 1. The van der Waals surface area contributed by atoms with E-state index in [1.807, 2.05) is 0 Å². The van der Waals surface area contributed by atoms with E-state index in [0.717, 1.165) is 0 Å². The number of benzene rings is 1. The Bertz CT molecular complexity index is 572.